The summed E-state index contributed by atoms with van der Waals surface area (Å²) in [6.45, 7) is 2.69. The summed E-state index contributed by atoms with van der Waals surface area (Å²) in [5.41, 5.74) is 8.60. The zero-order chi connectivity index (χ0) is 13.0. The van der Waals surface area contributed by atoms with E-state index in [1.165, 1.54) is 16.9 Å². The molecule has 0 aliphatic heterocycles. The van der Waals surface area contributed by atoms with Gasteiger partial charge in [-0.1, -0.05) is 31.2 Å². The first-order valence-corrected chi connectivity index (χ1v) is 6.79. The summed E-state index contributed by atoms with van der Waals surface area (Å²) in [5.74, 6) is 0. The molecule has 0 spiro atoms. The monoisotopic (exact) mass is 257 g/mol. The minimum Gasteiger partial charge on any atom is -0.330 e. The van der Waals surface area contributed by atoms with Gasteiger partial charge in [0.25, 0.3) is 0 Å². The average molecular weight is 257 g/mol. The second-order valence-corrected chi connectivity index (χ2v) is 5.07. The summed E-state index contributed by atoms with van der Waals surface area (Å²) in [7, 11) is 0. The molecule has 0 atom stereocenters. The van der Waals surface area contributed by atoms with Gasteiger partial charge in [-0.05, 0) is 18.5 Å². The largest absolute Gasteiger partial charge is 0.330 e. The number of nitrogens with two attached hydrogens (primary N) is 1. The Labute approximate surface area is 111 Å². The van der Waals surface area contributed by atoms with E-state index in [0.717, 1.165) is 29.1 Å². The Balaban J connectivity index is 2.39. The average Bonchev–Trinajstić information content (AvgIpc) is 2.82. The molecule has 2 aromatic rings. The third-order valence-corrected chi connectivity index (χ3v) is 3.79. The summed E-state index contributed by atoms with van der Waals surface area (Å²) < 4.78 is 0. The van der Waals surface area contributed by atoms with Gasteiger partial charge in [0.15, 0.2) is 0 Å². The highest BCUT2D eigenvalue weighted by atomic mass is 32.1. The van der Waals surface area contributed by atoms with Gasteiger partial charge >= 0.3 is 0 Å². The summed E-state index contributed by atoms with van der Waals surface area (Å²) in [4.78, 5) is 5.18. The highest BCUT2D eigenvalue weighted by Crippen LogP contribution is 2.28. The van der Waals surface area contributed by atoms with Gasteiger partial charge in [0.05, 0.1) is 10.7 Å². The first-order chi connectivity index (χ1) is 8.78. The molecule has 0 saturated carbocycles. The van der Waals surface area contributed by atoms with E-state index in [9.17, 15) is 0 Å². The van der Waals surface area contributed by atoms with Crippen LogP contribution >= 0.6 is 11.3 Å². The lowest BCUT2D eigenvalue weighted by Gasteiger charge is -2.00. The molecule has 0 unspecified atom stereocenters. The lowest BCUT2D eigenvalue weighted by molar-refractivity contribution is 0.954. The third kappa shape index (κ3) is 2.58. The Hall–Kier alpha value is -1.70. The van der Waals surface area contributed by atoms with Gasteiger partial charge in [0.1, 0.15) is 10.9 Å². The number of nitrogens with zero attached hydrogens (tertiary/aromatic N) is 2. The Bertz CT molecular complexity index is 564. The van der Waals surface area contributed by atoms with E-state index in [2.05, 4.69) is 30.1 Å². The van der Waals surface area contributed by atoms with Crippen LogP contribution in [0.2, 0.25) is 0 Å². The highest BCUT2D eigenvalue weighted by Gasteiger charge is 2.12. The standard InChI is InChI=1S/C14H15N3S/c1-2-10-3-5-11(6-4-10)14-12(9-16)18-13(17-14)7-8-15/h3-6H,2,7-8,15H2,1H3. The summed E-state index contributed by atoms with van der Waals surface area (Å²) >= 11 is 1.44. The van der Waals surface area contributed by atoms with E-state index in [1.54, 1.807) is 0 Å². The molecule has 0 aliphatic rings. The van der Waals surface area contributed by atoms with Gasteiger partial charge < -0.3 is 5.73 Å². The minimum absolute atomic E-state index is 0.562. The first-order valence-electron chi connectivity index (χ1n) is 5.97. The van der Waals surface area contributed by atoms with Crippen molar-refractivity contribution in [3.63, 3.8) is 0 Å². The lowest BCUT2D eigenvalue weighted by Crippen LogP contribution is -2.01. The van der Waals surface area contributed by atoms with Crippen molar-refractivity contribution in [1.82, 2.24) is 4.98 Å². The molecule has 0 radical (unpaired) electrons. The zero-order valence-corrected chi connectivity index (χ0v) is 11.1. The number of hydrogen-bond donors (Lipinski definition) is 1. The molecule has 92 valence electrons. The van der Waals surface area contributed by atoms with Crippen molar-refractivity contribution in [1.29, 1.82) is 5.26 Å². The van der Waals surface area contributed by atoms with Crippen LogP contribution in [0.4, 0.5) is 0 Å². The molecule has 0 saturated heterocycles. The molecule has 0 bridgehead atoms. The fraction of sp³-hybridized carbons (Fsp3) is 0.286. The maximum absolute atomic E-state index is 9.15. The quantitative estimate of drug-likeness (QED) is 0.916. The predicted molar refractivity (Wildman–Crippen MR) is 74.4 cm³/mol. The Morgan fingerprint density at radius 1 is 1.33 bits per heavy atom. The molecule has 1 aromatic carbocycles. The van der Waals surface area contributed by atoms with Crippen LogP contribution in [0.15, 0.2) is 24.3 Å². The van der Waals surface area contributed by atoms with Crippen molar-refractivity contribution >= 4 is 11.3 Å². The topological polar surface area (TPSA) is 62.7 Å². The molecule has 3 nitrogen and oxygen atoms in total. The molecule has 18 heavy (non-hydrogen) atoms. The second-order valence-electron chi connectivity index (χ2n) is 3.99. The fourth-order valence-corrected chi connectivity index (χ4v) is 2.66. The first kappa shape index (κ1) is 12.7. The van der Waals surface area contributed by atoms with Crippen LogP contribution in [-0.2, 0) is 12.8 Å². The van der Waals surface area contributed by atoms with E-state index in [4.69, 9.17) is 11.0 Å². The van der Waals surface area contributed by atoms with Crippen LogP contribution in [0.25, 0.3) is 11.3 Å². The molecule has 1 heterocycles. The highest BCUT2D eigenvalue weighted by molar-refractivity contribution is 7.12. The predicted octanol–water partition coefficient (Wildman–Crippen LogP) is 2.75. The number of hydrogen-bond acceptors (Lipinski definition) is 4. The number of thiazole rings is 1. The van der Waals surface area contributed by atoms with E-state index >= 15 is 0 Å². The normalized spacial score (nSPS) is 10.3. The van der Waals surface area contributed by atoms with Crippen molar-refractivity contribution < 1.29 is 0 Å². The molecule has 2 N–H and O–H groups in total. The van der Waals surface area contributed by atoms with E-state index in [0.29, 0.717) is 11.4 Å². The Morgan fingerprint density at radius 3 is 2.61 bits per heavy atom. The van der Waals surface area contributed by atoms with Crippen LogP contribution in [0.5, 0.6) is 0 Å². The maximum Gasteiger partial charge on any atom is 0.132 e. The van der Waals surface area contributed by atoms with Crippen molar-refractivity contribution in [2.75, 3.05) is 6.54 Å². The number of aryl methyl sites for hydroxylation is 1. The molecular formula is C14H15N3S. The molecule has 2 rings (SSSR count). The maximum atomic E-state index is 9.15. The third-order valence-electron chi connectivity index (χ3n) is 2.77. The molecule has 1 aromatic heterocycles. The second kappa shape index (κ2) is 5.76. The SMILES string of the molecule is CCc1ccc(-c2nc(CCN)sc2C#N)cc1. The van der Waals surface area contributed by atoms with Crippen LogP contribution in [0.3, 0.4) is 0 Å². The fourth-order valence-electron chi connectivity index (χ4n) is 1.76. The van der Waals surface area contributed by atoms with Gasteiger partial charge in [0, 0.05) is 12.0 Å². The van der Waals surface area contributed by atoms with Crippen molar-refractivity contribution in [3.05, 3.63) is 39.7 Å². The number of aromatic nitrogens is 1. The van der Waals surface area contributed by atoms with Crippen LogP contribution < -0.4 is 5.73 Å². The van der Waals surface area contributed by atoms with Gasteiger partial charge in [-0.15, -0.1) is 11.3 Å². The van der Waals surface area contributed by atoms with Crippen LogP contribution in [0, 0.1) is 11.3 Å². The molecular weight excluding hydrogens is 242 g/mol. The molecule has 4 heteroatoms. The lowest BCUT2D eigenvalue weighted by atomic mass is 10.1. The van der Waals surface area contributed by atoms with Gasteiger partial charge in [-0.2, -0.15) is 5.26 Å². The van der Waals surface area contributed by atoms with Crippen LogP contribution in [0.1, 0.15) is 22.4 Å². The van der Waals surface area contributed by atoms with Crippen molar-refractivity contribution in [2.45, 2.75) is 19.8 Å². The van der Waals surface area contributed by atoms with E-state index in [-0.39, 0.29) is 0 Å². The summed E-state index contributed by atoms with van der Waals surface area (Å²) in [6.07, 6.45) is 1.74. The van der Waals surface area contributed by atoms with Gasteiger partial charge in [-0.3, -0.25) is 0 Å². The van der Waals surface area contributed by atoms with Crippen molar-refractivity contribution in [3.8, 4) is 17.3 Å². The van der Waals surface area contributed by atoms with Gasteiger partial charge in [-0.25, -0.2) is 4.98 Å². The number of benzene rings is 1. The molecule has 0 amide bonds. The van der Waals surface area contributed by atoms with Crippen molar-refractivity contribution in [2.24, 2.45) is 5.73 Å². The minimum atomic E-state index is 0.562. The van der Waals surface area contributed by atoms with Gasteiger partial charge in [0.2, 0.25) is 0 Å². The summed E-state index contributed by atoms with van der Waals surface area (Å²) in [6, 6.07) is 10.4. The zero-order valence-electron chi connectivity index (χ0n) is 10.3. The van der Waals surface area contributed by atoms with E-state index in [1.807, 2.05) is 12.1 Å². The number of nitriles is 1. The number of rotatable bonds is 4. The van der Waals surface area contributed by atoms with Crippen LogP contribution in [-0.4, -0.2) is 11.5 Å². The molecule has 0 aliphatic carbocycles. The Morgan fingerprint density at radius 2 is 2.06 bits per heavy atom. The summed E-state index contributed by atoms with van der Waals surface area (Å²) in [5, 5.41) is 10.1. The van der Waals surface area contributed by atoms with E-state index < -0.39 is 0 Å². The Kier molecular flexibility index (Phi) is 4.08. The smallest absolute Gasteiger partial charge is 0.132 e. The molecule has 0 fully saturated rings.